The van der Waals surface area contributed by atoms with Gasteiger partial charge in [0.15, 0.2) is 0 Å². The van der Waals surface area contributed by atoms with E-state index in [1.54, 1.807) is 18.2 Å². The highest BCUT2D eigenvalue weighted by Crippen LogP contribution is 2.33. The Hall–Kier alpha value is -1.95. The number of benzene rings is 4. The van der Waals surface area contributed by atoms with Crippen LogP contribution >= 0.6 is 69.6 Å². The second-order valence-corrected chi connectivity index (χ2v) is 12.1. The lowest BCUT2D eigenvalue weighted by Crippen LogP contribution is -2.27. The molecule has 0 N–H and O–H groups in total. The van der Waals surface area contributed by atoms with Crippen LogP contribution in [0.5, 0.6) is 0 Å². The molecule has 1 heterocycles. The van der Waals surface area contributed by atoms with Crippen molar-refractivity contribution in [3.8, 4) is 0 Å². The van der Waals surface area contributed by atoms with Crippen LogP contribution < -0.4 is 0 Å². The first-order chi connectivity index (χ1) is 19.3. The first-order valence-electron chi connectivity index (χ1n) is 12.6. The lowest BCUT2D eigenvalue weighted by Gasteiger charge is -2.22. The minimum absolute atomic E-state index is 0.00843. The van der Waals surface area contributed by atoms with Crippen LogP contribution in [0.4, 0.5) is 0 Å². The van der Waals surface area contributed by atoms with E-state index in [9.17, 15) is 0 Å². The summed E-state index contributed by atoms with van der Waals surface area (Å²) in [5, 5.41) is 3.66. The minimum Gasteiger partial charge on any atom is -0.365 e. The summed E-state index contributed by atoms with van der Waals surface area (Å²) in [5.41, 5.74) is 3.97. The van der Waals surface area contributed by atoms with E-state index in [1.807, 2.05) is 42.5 Å². The van der Waals surface area contributed by atoms with Gasteiger partial charge in [-0.25, -0.2) is 0 Å². The molecule has 0 aromatic heterocycles. The quantitative estimate of drug-likeness (QED) is 0.167. The summed E-state index contributed by atoms with van der Waals surface area (Å²) in [6.45, 7) is 2.51. The Kier molecular flexibility index (Phi) is 9.86. The molecule has 0 fully saturated rings. The van der Waals surface area contributed by atoms with Gasteiger partial charge in [-0.3, -0.25) is 9.48 Å². The molecular formula is C31H25Cl6N2O+. The molecule has 0 saturated heterocycles. The molecule has 0 bridgehead atoms. The Morgan fingerprint density at radius 1 is 0.675 bits per heavy atom. The largest absolute Gasteiger partial charge is 0.365 e. The molecule has 5 rings (SSSR count). The maximum Gasteiger partial charge on any atom is 0.235 e. The third-order valence-corrected chi connectivity index (χ3v) is 8.48. The molecule has 0 radical (unpaired) electrons. The molecule has 9 heteroatoms. The van der Waals surface area contributed by atoms with Crippen LogP contribution in [-0.2, 0) is 11.3 Å². The first-order valence-corrected chi connectivity index (χ1v) is 14.9. The van der Waals surface area contributed by atoms with Crippen LogP contribution in [0.2, 0.25) is 30.1 Å². The van der Waals surface area contributed by atoms with Crippen LogP contribution in [0, 0.1) is 0 Å². The van der Waals surface area contributed by atoms with Crippen molar-refractivity contribution in [3.05, 3.63) is 137 Å². The van der Waals surface area contributed by atoms with Crippen molar-refractivity contribution in [2.75, 3.05) is 19.6 Å². The highest BCUT2D eigenvalue weighted by atomic mass is 35.5. The molecule has 40 heavy (non-hydrogen) atoms. The van der Waals surface area contributed by atoms with E-state index in [4.69, 9.17) is 74.3 Å². The predicted molar refractivity (Wildman–Crippen MR) is 168 cm³/mol. The van der Waals surface area contributed by atoms with Crippen molar-refractivity contribution >= 4 is 75.9 Å². The standard InChI is InChI=1S/C31H25Cl6N2O/c32-23-6-1-20(2-7-23)31(21-3-8-24(33)9-4-21)39-14-13-38(19-39)17-30(27-12-11-26(35)16-29(27)37)40-18-22-5-10-25(34)15-28(22)36/h1-12,15-16,19,30-31H,13-14,17-18H2/q+1. The fraction of sp³-hybridized carbons (Fsp3) is 0.194. The van der Waals surface area contributed by atoms with Gasteiger partial charge in [0.25, 0.3) is 0 Å². The van der Waals surface area contributed by atoms with Gasteiger partial charge in [-0.2, -0.15) is 0 Å². The van der Waals surface area contributed by atoms with Gasteiger partial charge in [0.05, 0.1) is 6.61 Å². The number of halogens is 6. The Bertz CT molecular complexity index is 1460. The SMILES string of the molecule is Clc1ccc(C(c2ccc(Cl)cc2)N2C=[N+](CC(OCc3ccc(Cl)cc3Cl)c3ccc(Cl)cc3Cl)CC2)cc1. The molecule has 1 unspecified atom stereocenters. The lowest BCUT2D eigenvalue weighted by molar-refractivity contribution is -0.525. The molecule has 0 saturated carbocycles. The number of hydrogen-bond acceptors (Lipinski definition) is 2. The smallest absolute Gasteiger partial charge is 0.235 e. The summed E-state index contributed by atoms with van der Waals surface area (Å²) in [6, 6.07) is 26.8. The van der Waals surface area contributed by atoms with E-state index in [0.29, 0.717) is 43.3 Å². The van der Waals surface area contributed by atoms with Gasteiger partial charge in [-0.15, -0.1) is 0 Å². The lowest BCUT2D eigenvalue weighted by atomic mass is 9.97. The van der Waals surface area contributed by atoms with E-state index in [2.05, 4.69) is 40.1 Å². The maximum atomic E-state index is 6.64. The highest BCUT2D eigenvalue weighted by Gasteiger charge is 2.32. The fourth-order valence-corrected chi connectivity index (χ4v) is 6.06. The summed E-state index contributed by atoms with van der Waals surface area (Å²) < 4.78 is 8.69. The second kappa shape index (κ2) is 13.4. The molecule has 0 aliphatic carbocycles. The third-order valence-electron chi connectivity index (χ3n) is 6.83. The summed E-state index contributed by atoms with van der Waals surface area (Å²) >= 11 is 37.7. The zero-order valence-corrected chi connectivity index (χ0v) is 25.7. The molecule has 0 amide bonds. The van der Waals surface area contributed by atoms with Gasteiger partial charge >= 0.3 is 0 Å². The Morgan fingerprint density at radius 3 is 1.80 bits per heavy atom. The van der Waals surface area contributed by atoms with Gasteiger partial charge in [-0.05, 0) is 54.1 Å². The molecule has 1 aliphatic rings. The van der Waals surface area contributed by atoms with Crippen LogP contribution in [0.1, 0.15) is 34.4 Å². The predicted octanol–water partition coefficient (Wildman–Crippen LogP) is 10.0. The summed E-state index contributed by atoms with van der Waals surface area (Å²) in [7, 11) is 0. The second-order valence-electron chi connectivity index (χ2n) is 9.56. The third kappa shape index (κ3) is 7.27. The van der Waals surface area contributed by atoms with Crippen LogP contribution in [0.15, 0.2) is 84.9 Å². The highest BCUT2D eigenvalue weighted by molar-refractivity contribution is 6.35. The van der Waals surface area contributed by atoms with Gasteiger partial charge in [-0.1, -0.05) is 106 Å². The molecule has 1 aliphatic heterocycles. The number of nitrogens with zero attached hydrogens (tertiary/aromatic N) is 2. The first kappa shape index (κ1) is 29.5. The summed E-state index contributed by atoms with van der Waals surface area (Å²) in [4.78, 5) is 2.32. The topological polar surface area (TPSA) is 15.5 Å². The van der Waals surface area contributed by atoms with Crippen molar-refractivity contribution < 1.29 is 9.31 Å². The molecule has 206 valence electrons. The van der Waals surface area contributed by atoms with E-state index in [-0.39, 0.29) is 12.1 Å². The molecule has 0 spiro atoms. The average molecular weight is 654 g/mol. The average Bonchev–Trinajstić information content (AvgIpc) is 3.38. The van der Waals surface area contributed by atoms with E-state index in [0.717, 1.165) is 35.3 Å². The van der Waals surface area contributed by atoms with Gasteiger partial charge < -0.3 is 4.74 Å². The molecular weight excluding hydrogens is 629 g/mol. The van der Waals surface area contributed by atoms with E-state index in [1.165, 1.54) is 0 Å². The maximum absolute atomic E-state index is 6.64. The van der Waals surface area contributed by atoms with Crippen LogP contribution in [0.3, 0.4) is 0 Å². The van der Waals surface area contributed by atoms with Crippen LogP contribution in [-0.4, -0.2) is 35.4 Å². The molecule has 4 aromatic carbocycles. The number of hydrogen-bond donors (Lipinski definition) is 0. The van der Waals surface area contributed by atoms with Crippen molar-refractivity contribution in [2.45, 2.75) is 18.8 Å². The molecule has 4 aromatic rings. The zero-order chi connectivity index (χ0) is 28.2. The summed E-state index contributed by atoms with van der Waals surface area (Å²) in [6.07, 6.45) is 1.82. The molecule has 1 atom stereocenters. The minimum atomic E-state index is -0.336. The van der Waals surface area contributed by atoms with Crippen LogP contribution in [0.25, 0.3) is 0 Å². The Morgan fingerprint density at radius 2 is 1.23 bits per heavy atom. The van der Waals surface area contributed by atoms with E-state index >= 15 is 0 Å². The zero-order valence-electron chi connectivity index (χ0n) is 21.2. The van der Waals surface area contributed by atoms with E-state index < -0.39 is 0 Å². The van der Waals surface area contributed by atoms with Crippen molar-refractivity contribution in [1.29, 1.82) is 0 Å². The summed E-state index contributed by atoms with van der Waals surface area (Å²) in [5.74, 6) is 0. The van der Waals surface area contributed by atoms with Crippen molar-refractivity contribution in [1.82, 2.24) is 4.90 Å². The normalized spacial score (nSPS) is 14.1. The van der Waals surface area contributed by atoms with Gasteiger partial charge in [0.1, 0.15) is 31.8 Å². The van der Waals surface area contributed by atoms with Gasteiger partial charge in [0.2, 0.25) is 6.34 Å². The van der Waals surface area contributed by atoms with Gasteiger partial charge in [0, 0.05) is 46.8 Å². The van der Waals surface area contributed by atoms with Crippen molar-refractivity contribution in [3.63, 3.8) is 0 Å². The number of rotatable bonds is 9. The number of ether oxygens (including phenoxy) is 1. The molecule has 3 nitrogen and oxygen atoms in total. The monoisotopic (exact) mass is 651 g/mol. The fourth-order valence-electron chi connectivity index (χ4n) is 4.81. The Balaban J connectivity index is 1.42. The Labute approximate surface area is 264 Å². The van der Waals surface area contributed by atoms with Crippen molar-refractivity contribution in [2.24, 2.45) is 0 Å².